The van der Waals surface area contributed by atoms with Crippen molar-refractivity contribution in [2.24, 2.45) is 0 Å². The lowest BCUT2D eigenvalue weighted by Crippen LogP contribution is -2.47. The van der Waals surface area contributed by atoms with E-state index in [9.17, 15) is 4.79 Å². The number of carboxylic acids is 1. The Hall–Kier alpha value is -0.720. The van der Waals surface area contributed by atoms with Gasteiger partial charge in [0.05, 0.1) is 0 Å². The second-order valence-electron chi connectivity index (χ2n) is 2.80. The van der Waals surface area contributed by atoms with Crippen molar-refractivity contribution >= 4 is 18.4 Å². The Kier molecular flexibility index (Phi) is 4.08. The quantitative estimate of drug-likeness (QED) is 0.627. The van der Waals surface area contributed by atoms with E-state index in [1.807, 2.05) is 0 Å². The maximum absolute atomic E-state index is 10.8. The molecule has 0 aromatic carbocycles. The van der Waals surface area contributed by atoms with Crippen LogP contribution in [0.4, 0.5) is 0 Å². The van der Waals surface area contributed by atoms with E-state index in [2.05, 4.69) is 11.2 Å². The van der Waals surface area contributed by atoms with Crippen LogP contribution >= 0.6 is 12.4 Å². The lowest BCUT2D eigenvalue weighted by atomic mass is 9.94. The molecule has 1 unspecified atom stereocenters. The summed E-state index contributed by atoms with van der Waals surface area (Å²) in [6.07, 6.45) is 6.90. The van der Waals surface area contributed by atoms with Gasteiger partial charge in [-0.1, -0.05) is 0 Å². The number of carboxylic acid groups (broad SMARTS) is 1. The molecule has 0 saturated carbocycles. The van der Waals surface area contributed by atoms with Crippen molar-refractivity contribution in [3.8, 4) is 12.3 Å². The smallest absolute Gasteiger partial charge is 0.324 e. The fourth-order valence-corrected chi connectivity index (χ4v) is 1.39. The van der Waals surface area contributed by atoms with Gasteiger partial charge in [0.1, 0.15) is 5.54 Å². The fourth-order valence-electron chi connectivity index (χ4n) is 1.39. The van der Waals surface area contributed by atoms with Crippen molar-refractivity contribution in [3.63, 3.8) is 0 Å². The number of halogens is 1. The van der Waals surface area contributed by atoms with E-state index in [1.54, 1.807) is 0 Å². The van der Waals surface area contributed by atoms with Gasteiger partial charge >= 0.3 is 5.97 Å². The summed E-state index contributed by atoms with van der Waals surface area (Å²) < 4.78 is 0. The van der Waals surface area contributed by atoms with Crippen LogP contribution in [-0.4, -0.2) is 23.2 Å². The number of rotatable bonds is 2. The maximum Gasteiger partial charge on any atom is 0.324 e. The predicted octanol–water partition coefficient (Wildman–Crippen LogP) is 0.638. The molecule has 0 spiro atoms. The molecule has 4 heteroatoms. The molecule has 1 fully saturated rings. The number of aliphatic carboxylic acids is 1. The third kappa shape index (κ3) is 1.90. The number of hydrogen-bond donors (Lipinski definition) is 2. The van der Waals surface area contributed by atoms with Crippen molar-refractivity contribution in [2.45, 2.75) is 24.8 Å². The Morgan fingerprint density at radius 3 is 2.75 bits per heavy atom. The monoisotopic (exact) mass is 189 g/mol. The first-order chi connectivity index (χ1) is 5.21. The zero-order chi connectivity index (χ0) is 8.32. The largest absolute Gasteiger partial charge is 0.480 e. The Morgan fingerprint density at radius 2 is 2.42 bits per heavy atom. The molecule has 68 valence electrons. The average Bonchev–Trinajstić information content (AvgIpc) is 2.38. The topological polar surface area (TPSA) is 49.3 Å². The molecule has 1 heterocycles. The van der Waals surface area contributed by atoms with Crippen molar-refractivity contribution in [2.75, 3.05) is 6.54 Å². The van der Waals surface area contributed by atoms with E-state index in [4.69, 9.17) is 11.5 Å². The van der Waals surface area contributed by atoms with E-state index < -0.39 is 11.5 Å². The van der Waals surface area contributed by atoms with Gasteiger partial charge in [0.2, 0.25) is 0 Å². The highest BCUT2D eigenvalue weighted by Gasteiger charge is 2.40. The predicted molar refractivity (Wildman–Crippen MR) is 48.3 cm³/mol. The summed E-state index contributed by atoms with van der Waals surface area (Å²) in [5.41, 5.74) is -0.825. The molecule has 0 amide bonds. The lowest BCUT2D eigenvalue weighted by molar-refractivity contribution is -0.144. The molecule has 1 aliphatic heterocycles. The van der Waals surface area contributed by atoms with Crippen LogP contribution in [0.15, 0.2) is 0 Å². The maximum atomic E-state index is 10.8. The summed E-state index contributed by atoms with van der Waals surface area (Å²) in [4.78, 5) is 10.8. The molecular weight excluding hydrogens is 178 g/mol. The van der Waals surface area contributed by atoms with Crippen LogP contribution in [0.5, 0.6) is 0 Å². The van der Waals surface area contributed by atoms with Crippen LogP contribution in [0.25, 0.3) is 0 Å². The molecule has 1 rings (SSSR count). The Balaban J connectivity index is 0.00000121. The number of hydrogen-bond acceptors (Lipinski definition) is 2. The molecule has 0 radical (unpaired) electrons. The fraction of sp³-hybridized carbons (Fsp3) is 0.625. The van der Waals surface area contributed by atoms with Gasteiger partial charge in [0.15, 0.2) is 0 Å². The number of nitrogens with one attached hydrogen (secondary N) is 1. The molecule has 12 heavy (non-hydrogen) atoms. The molecule has 0 bridgehead atoms. The van der Waals surface area contributed by atoms with Gasteiger partial charge in [-0.25, -0.2) is 0 Å². The van der Waals surface area contributed by atoms with Crippen molar-refractivity contribution in [3.05, 3.63) is 0 Å². The van der Waals surface area contributed by atoms with Crippen LogP contribution in [0.3, 0.4) is 0 Å². The summed E-state index contributed by atoms with van der Waals surface area (Å²) >= 11 is 0. The van der Waals surface area contributed by atoms with Gasteiger partial charge in [-0.15, -0.1) is 24.8 Å². The number of terminal acetylenes is 1. The summed E-state index contributed by atoms with van der Waals surface area (Å²) in [6, 6.07) is 0. The molecule has 2 N–H and O–H groups in total. The first kappa shape index (κ1) is 11.3. The van der Waals surface area contributed by atoms with Crippen LogP contribution in [0, 0.1) is 12.3 Å². The van der Waals surface area contributed by atoms with Gasteiger partial charge in [-0.2, -0.15) is 0 Å². The summed E-state index contributed by atoms with van der Waals surface area (Å²) in [7, 11) is 0. The van der Waals surface area contributed by atoms with Gasteiger partial charge < -0.3 is 10.4 Å². The molecule has 0 aromatic heterocycles. The standard InChI is InChI=1S/C8H11NO2.ClH/c1-2-4-8(7(10)11)5-3-6-9-8;/h1,9H,3-6H2,(H,10,11);1H. The van der Waals surface area contributed by atoms with Gasteiger partial charge in [0, 0.05) is 6.42 Å². The summed E-state index contributed by atoms with van der Waals surface area (Å²) in [6.45, 7) is 0.758. The minimum Gasteiger partial charge on any atom is -0.480 e. The highest BCUT2D eigenvalue weighted by atomic mass is 35.5. The molecule has 1 atom stereocenters. The lowest BCUT2D eigenvalue weighted by Gasteiger charge is -2.20. The summed E-state index contributed by atoms with van der Waals surface area (Å²) in [5, 5.41) is 11.8. The SMILES string of the molecule is C#CCC1(C(=O)O)CCCN1.Cl. The third-order valence-electron chi connectivity index (χ3n) is 2.06. The van der Waals surface area contributed by atoms with E-state index >= 15 is 0 Å². The van der Waals surface area contributed by atoms with Crippen molar-refractivity contribution < 1.29 is 9.90 Å². The molecule has 0 aromatic rings. The second kappa shape index (κ2) is 4.34. The van der Waals surface area contributed by atoms with Crippen LogP contribution in [0.2, 0.25) is 0 Å². The van der Waals surface area contributed by atoms with Gasteiger partial charge in [0.25, 0.3) is 0 Å². The Bertz CT molecular complexity index is 204. The van der Waals surface area contributed by atoms with E-state index in [-0.39, 0.29) is 18.8 Å². The van der Waals surface area contributed by atoms with Gasteiger partial charge in [-0.3, -0.25) is 4.79 Å². The molecular formula is C8H12ClNO2. The zero-order valence-electron chi connectivity index (χ0n) is 6.67. The van der Waals surface area contributed by atoms with Crippen molar-refractivity contribution in [1.82, 2.24) is 5.32 Å². The van der Waals surface area contributed by atoms with Crippen LogP contribution in [0.1, 0.15) is 19.3 Å². The minimum atomic E-state index is -0.826. The number of carbonyl (C=O) groups is 1. The average molecular weight is 190 g/mol. The normalized spacial score (nSPS) is 27.2. The van der Waals surface area contributed by atoms with Crippen LogP contribution < -0.4 is 5.32 Å². The molecule has 3 nitrogen and oxygen atoms in total. The minimum absolute atomic E-state index is 0. The van der Waals surface area contributed by atoms with Crippen LogP contribution in [-0.2, 0) is 4.79 Å². The first-order valence-corrected chi connectivity index (χ1v) is 3.63. The Labute approximate surface area is 77.9 Å². The molecule has 0 aliphatic carbocycles. The highest BCUT2D eigenvalue weighted by Crippen LogP contribution is 2.22. The van der Waals surface area contributed by atoms with Crippen molar-refractivity contribution in [1.29, 1.82) is 0 Å². The Morgan fingerprint density at radius 1 is 1.75 bits per heavy atom. The highest BCUT2D eigenvalue weighted by molar-refractivity contribution is 5.85. The summed E-state index contributed by atoms with van der Waals surface area (Å²) in [5.74, 6) is 1.56. The first-order valence-electron chi connectivity index (χ1n) is 3.63. The zero-order valence-corrected chi connectivity index (χ0v) is 7.49. The second-order valence-corrected chi connectivity index (χ2v) is 2.80. The molecule has 1 aliphatic rings. The van der Waals surface area contributed by atoms with Gasteiger partial charge in [-0.05, 0) is 19.4 Å². The molecule has 1 saturated heterocycles. The third-order valence-corrected chi connectivity index (χ3v) is 2.06. The van der Waals surface area contributed by atoms with E-state index in [0.29, 0.717) is 6.42 Å². The van der Waals surface area contributed by atoms with E-state index in [0.717, 1.165) is 13.0 Å². The van der Waals surface area contributed by atoms with E-state index in [1.165, 1.54) is 0 Å².